The highest BCUT2D eigenvalue weighted by molar-refractivity contribution is 5.83. The van der Waals surface area contributed by atoms with Gasteiger partial charge in [0, 0.05) is 26.8 Å². The molecule has 1 fully saturated rings. The van der Waals surface area contributed by atoms with Gasteiger partial charge in [-0.2, -0.15) is 5.10 Å². The Labute approximate surface area is 154 Å². The van der Waals surface area contributed by atoms with Gasteiger partial charge >= 0.3 is 0 Å². The molecule has 0 bridgehead atoms. The van der Waals surface area contributed by atoms with Crippen molar-refractivity contribution in [1.82, 2.24) is 19.6 Å². The molecule has 140 valence electrons. The highest BCUT2D eigenvalue weighted by Crippen LogP contribution is 2.26. The predicted molar refractivity (Wildman–Crippen MR) is 99.1 cm³/mol. The maximum Gasteiger partial charge on any atom is 0.244 e. The summed E-state index contributed by atoms with van der Waals surface area (Å²) in [5.41, 5.74) is 1.98. The SMILES string of the molecule is CN(CCc1cnn(C)c1)C(=O)[C@@H](c1ccc(F)cc1)N1CCCCC1. The Morgan fingerprint density at radius 3 is 2.54 bits per heavy atom. The van der Waals surface area contributed by atoms with Gasteiger partial charge in [-0.15, -0.1) is 0 Å². The van der Waals surface area contributed by atoms with Crippen LogP contribution in [0.3, 0.4) is 0 Å². The number of aromatic nitrogens is 2. The summed E-state index contributed by atoms with van der Waals surface area (Å²) in [4.78, 5) is 17.2. The lowest BCUT2D eigenvalue weighted by Gasteiger charge is -2.36. The van der Waals surface area contributed by atoms with Gasteiger partial charge in [-0.05, 0) is 55.6 Å². The minimum absolute atomic E-state index is 0.0717. The number of amides is 1. The number of hydrogen-bond acceptors (Lipinski definition) is 3. The molecular weight excluding hydrogens is 331 g/mol. The third-order valence-corrected chi connectivity index (χ3v) is 5.05. The molecule has 6 heteroatoms. The van der Waals surface area contributed by atoms with Crippen LogP contribution in [0.2, 0.25) is 0 Å². The molecule has 1 aliphatic rings. The monoisotopic (exact) mass is 358 g/mol. The molecular formula is C20H27FN4O. The van der Waals surface area contributed by atoms with Crippen LogP contribution >= 0.6 is 0 Å². The second-order valence-electron chi connectivity index (χ2n) is 7.08. The first-order valence-corrected chi connectivity index (χ1v) is 9.26. The third-order valence-electron chi connectivity index (χ3n) is 5.05. The molecule has 2 aromatic rings. The van der Waals surface area contributed by atoms with Crippen molar-refractivity contribution in [2.45, 2.75) is 31.7 Å². The standard InChI is InChI=1S/C20H27FN4O/c1-23(13-10-16-14-22-24(2)15-16)20(26)19(25-11-4-3-5-12-25)17-6-8-18(21)9-7-17/h6-9,14-15,19H,3-5,10-13H2,1-2H3/t19-/m1/s1. The smallest absolute Gasteiger partial charge is 0.244 e. The van der Waals surface area contributed by atoms with Crippen molar-refractivity contribution in [3.63, 3.8) is 0 Å². The second-order valence-corrected chi connectivity index (χ2v) is 7.08. The zero-order valence-corrected chi connectivity index (χ0v) is 15.6. The zero-order chi connectivity index (χ0) is 18.5. The van der Waals surface area contributed by atoms with E-state index in [2.05, 4.69) is 10.00 Å². The molecule has 1 aliphatic heterocycles. The van der Waals surface area contributed by atoms with Gasteiger partial charge in [0.1, 0.15) is 11.9 Å². The number of aryl methyl sites for hydroxylation is 1. The molecule has 1 atom stereocenters. The van der Waals surface area contributed by atoms with Crippen molar-refractivity contribution in [1.29, 1.82) is 0 Å². The van der Waals surface area contributed by atoms with E-state index in [0.29, 0.717) is 6.54 Å². The lowest BCUT2D eigenvalue weighted by Crippen LogP contribution is -2.44. The van der Waals surface area contributed by atoms with Crippen LogP contribution in [0.15, 0.2) is 36.7 Å². The number of benzene rings is 1. The van der Waals surface area contributed by atoms with Crippen molar-refractivity contribution in [2.24, 2.45) is 7.05 Å². The Morgan fingerprint density at radius 2 is 1.92 bits per heavy atom. The number of halogens is 1. The number of carbonyl (C=O) groups excluding carboxylic acids is 1. The largest absolute Gasteiger partial charge is 0.344 e. The van der Waals surface area contributed by atoms with Crippen LogP contribution in [0.25, 0.3) is 0 Å². The van der Waals surface area contributed by atoms with Crippen molar-refractivity contribution in [3.05, 3.63) is 53.6 Å². The fourth-order valence-electron chi connectivity index (χ4n) is 3.55. The lowest BCUT2D eigenvalue weighted by atomic mass is 10.00. The quantitative estimate of drug-likeness (QED) is 0.797. The minimum Gasteiger partial charge on any atom is -0.344 e. The summed E-state index contributed by atoms with van der Waals surface area (Å²) in [6.45, 7) is 2.45. The van der Waals surface area contributed by atoms with E-state index in [1.807, 2.05) is 26.5 Å². The van der Waals surface area contributed by atoms with E-state index in [0.717, 1.165) is 43.5 Å². The normalized spacial score (nSPS) is 16.4. The molecule has 0 radical (unpaired) electrons. The fraction of sp³-hybridized carbons (Fsp3) is 0.500. The van der Waals surface area contributed by atoms with Gasteiger partial charge in [0.05, 0.1) is 6.20 Å². The van der Waals surface area contributed by atoms with Gasteiger partial charge in [-0.1, -0.05) is 18.6 Å². The molecule has 0 N–H and O–H groups in total. The van der Waals surface area contributed by atoms with Crippen LogP contribution in [0.1, 0.15) is 36.4 Å². The summed E-state index contributed by atoms with van der Waals surface area (Å²) in [6.07, 6.45) is 7.99. The molecule has 1 aromatic carbocycles. The molecule has 1 aromatic heterocycles. The molecule has 1 amide bonds. The Bertz CT molecular complexity index is 722. The Hall–Kier alpha value is -2.21. The lowest BCUT2D eigenvalue weighted by molar-refractivity contribution is -0.136. The predicted octanol–water partition coefficient (Wildman–Crippen LogP) is 2.79. The van der Waals surface area contributed by atoms with Gasteiger partial charge in [0.25, 0.3) is 0 Å². The first-order chi connectivity index (χ1) is 12.5. The number of likely N-dealkylation sites (tertiary alicyclic amines) is 1. The first kappa shape index (κ1) is 18.6. The summed E-state index contributed by atoms with van der Waals surface area (Å²) in [5, 5.41) is 4.17. The minimum atomic E-state index is -0.338. The number of likely N-dealkylation sites (N-methyl/N-ethyl adjacent to an activating group) is 1. The summed E-state index contributed by atoms with van der Waals surface area (Å²) < 4.78 is 15.1. The second kappa shape index (κ2) is 8.45. The number of rotatable bonds is 6. The molecule has 5 nitrogen and oxygen atoms in total. The van der Waals surface area contributed by atoms with Crippen LogP contribution < -0.4 is 0 Å². The average Bonchev–Trinajstić information content (AvgIpc) is 3.07. The van der Waals surface area contributed by atoms with Crippen molar-refractivity contribution >= 4 is 5.91 Å². The highest BCUT2D eigenvalue weighted by Gasteiger charge is 2.30. The zero-order valence-electron chi connectivity index (χ0n) is 15.6. The van der Waals surface area contributed by atoms with E-state index < -0.39 is 0 Å². The molecule has 3 rings (SSSR count). The van der Waals surface area contributed by atoms with Crippen molar-refractivity contribution < 1.29 is 9.18 Å². The van der Waals surface area contributed by atoms with Crippen LogP contribution in [-0.4, -0.2) is 52.2 Å². The molecule has 1 saturated heterocycles. The Morgan fingerprint density at radius 1 is 1.23 bits per heavy atom. The topological polar surface area (TPSA) is 41.4 Å². The van der Waals surface area contributed by atoms with Crippen LogP contribution in [0.4, 0.5) is 4.39 Å². The van der Waals surface area contributed by atoms with Gasteiger partial charge < -0.3 is 4.90 Å². The fourth-order valence-corrected chi connectivity index (χ4v) is 3.55. The van der Waals surface area contributed by atoms with Crippen LogP contribution in [-0.2, 0) is 18.3 Å². The first-order valence-electron chi connectivity index (χ1n) is 9.26. The van der Waals surface area contributed by atoms with E-state index in [1.165, 1.54) is 18.6 Å². The number of nitrogens with zero attached hydrogens (tertiary/aromatic N) is 4. The maximum atomic E-state index is 13.3. The van der Waals surface area contributed by atoms with Gasteiger partial charge in [0.15, 0.2) is 0 Å². The number of hydrogen-bond donors (Lipinski definition) is 0. The average molecular weight is 358 g/mol. The van der Waals surface area contributed by atoms with E-state index in [9.17, 15) is 9.18 Å². The number of carbonyl (C=O) groups is 1. The highest BCUT2D eigenvalue weighted by atomic mass is 19.1. The van der Waals surface area contributed by atoms with E-state index >= 15 is 0 Å². The summed E-state index contributed by atoms with van der Waals surface area (Å²) in [6, 6.07) is 6.02. The van der Waals surface area contributed by atoms with Crippen LogP contribution in [0, 0.1) is 5.82 Å². The van der Waals surface area contributed by atoms with Crippen molar-refractivity contribution in [2.75, 3.05) is 26.7 Å². The van der Waals surface area contributed by atoms with Crippen molar-refractivity contribution in [3.8, 4) is 0 Å². The maximum absolute atomic E-state index is 13.3. The van der Waals surface area contributed by atoms with Crippen LogP contribution in [0.5, 0.6) is 0 Å². The molecule has 0 saturated carbocycles. The Kier molecular flexibility index (Phi) is 6.04. The van der Waals surface area contributed by atoms with Gasteiger partial charge in [-0.3, -0.25) is 14.4 Å². The van der Waals surface area contributed by atoms with E-state index in [4.69, 9.17) is 0 Å². The molecule has 0 unspecified atom stereocenters. The Balaban J connectivity index is 1.73. The summed E-state index contributed by atoms with van der Waals surface area (Å²) in [5.74, 6) is -0.203. The number of piperidine rings is 1. The molecule has 2 heterocycles. The van der Waals surface area contributed by atoms with E-state index in [1.54, 1.807) is 21.7 Å². The molecule has 0 aliphatic carbocycles. The molecule has 0 spiro atoms. The molecule has 26 heavy (non-hydrogen) atoms. The van der Waals surface area contributed by atoms with Gasteiger partial charge in [-0.25, -0.2) is 4.39 Å². The van der Waals surface area contributed by atoms with Gasteiger partial charge in [0.2, 0.25) is 5.91 Å². The third kappa shape index (κ3) is 4.49. The summed E-state index contributed by atoms with van der Waals surface area (Å²) in [7, 11) is 3.73. The van der Waals surface area contributed by atoms with E-state index in [-0.39, 0.29) is 17.8 Å². The summed E-state index contributed by atoms with van der Waals surface area (Å²) >= 11 is 0.